The third kappa shape index (κ3) is 5.00. The van der Waals surface area contributed by atoms with Gasteiger partial charge in [-0.1, -0.05) is 152 Å². The van der Waals surface area contributed by atoms with Gasteiger partial charge < -0.3 is 9.13 Å². The summed E-state index contributed by atoms with van der Waals surface area (Å²) >= 11 is 0. The lowest BCUT2D eigenvalue weighted by Gasteiger charge is -2.13. The SMILES string of the molecule is c1ccc(-c2nc(-c3ccccc3)nc(-c3ccc4c(-n5c6ccccc6c6cc7c8c9ccccc9ccc8n(-c8ccccc8)c7cc65)cccc4c3)n2)cc1. The smallest absolute Gasteiger partial charge is 0.164 e. The number of hydrogen-bond donors (Lipinski definition) is 0. The first-order valence-electron chi connectivity index (χ1n) is 19.6. The lowest BCUT2D eigenvalue weighted by molar-refractivity contribution is 1.07. The molecule has 0 aliphatic rings. The summed E-state index contributed by atoms with van der Waals surface area (Å²) in [6.45, 7) is 0. The van der Waals surface area contributed by atoms with Crippen molar-refractivity contribution in [2.45, 2.75) is 0 Å². The van der Waals surface area contributed by atoms with E-state index in [2.05, 4.69) is 149 Å². The average molecular weight is 740 g/mol. The molecule has 9 aromatic carbocycles. The van der Waals surface area contributed by atoms with Crippen LogP contribution in [0.25, 0.3) is 111 Å². The van der Waals surface area contributed by atoms with Crippen LogP contribution in [-0.4, -0.2) is 24.1 Å². The van der Waals surface area contributed by atoms with Crippen molar-refractivity contribution in [1.29, 1.82) is 0 Å². The predicted octanol–water partition coefficient (Wildman–Crippen LogP) is 13.4. The van der Waals surface area contributed by atoms with E-state index in [-0.39, 0.29) is 0 Å². The second kappa shape index (κ2) is 12.8. The minimum Gasteiger partial charge on any atom is -0.309 e. The van der Waals surface area contributed by atoms with E-state index in [0.29, 0.717) is 17.5 Å². The van der Waals surface area contributed by atoms with Gasteiger partial charge in [-0.15, -0.1) is 0 Å². The predicted molar refractivity (Wildman–Crippen MR) is 240 cm³/mol. The first kappa shape index (κ1) is 32.4. The maximum atomic E-state index is 5.03. The first-order chi connectivity index (χ1) is 28.8. The molecule has 5 heteroatoms. The third-order valence-corrected chi connectivity index (χ3v) is 11.5. The maximum absolute atomic E-state index is 5.03. The van der Waals surface area contributed by atoms with Crippen LogP contribution in [0.5, 0.6) is 0 Å². The van der Waals surface area contributed by atoms with Crippen molar-refractivity contribution in [2.24, 2.45) is 0 Å². The molecule has 0 spiro atoms. The molecule has 0 bridgehead atoms. The van der Waals surface area contributed by atoms with Gasteiger partial charge in [0.05, 0.1) is 27.8 Å². The number of aromatic nitrogens is 5. The molecular formula is C53H33N5. The number of para-hydroxylation sites is 2. The highest BCUT2D eigenvalue weighted by atomic mass is 15.0. The summed E-state index contributed by atoms with van der Waals surface area (Å²) < 4.78 is 4.87. The molecule has 3 heterocycles. The van der Waals surface area contributed by atoms with E-state index in [1.54, 1.807) is 0 Å². The zero-order valence-electron chi connectivity index (χ0n) is 31.3. The largest absolute Gasteiger partial charge is 0.309 e. The van der Waals surface area contributed by atoms with E-state index < -0.39 is 0 Å². The van der Waals surface area contributed by atoms with E-state index in [1.165, 1.54) is 48.9 Å². The molecule has 0 radical (unpaired) electrons. The number of benzene rings is 9. The van der Waals surface area contributed by atoms with Gasteiger partial charge >= 0.3 is 0 Å². The lowest BCUT2D eigenvalue weighted by atomic mass is 10.0. The van der Waals surface area contributed by atoms with Gasteiger partial charge in [-0.05, 0) is 64.7 Å². The Hall–Kier alpha value is -7.89. The maximum Gasteiger partial charge on any atom is 0.164 e. The van der Waals surface area contributed by atoms with Gasteiger partial charge in [0.1, 0.15) is 0 Å². The van der Waals surface area contributed by atoms with Crippen molar-refractivity contribution in [3.8, 4) is 45.5 Å². The van der Waals surface area contributed by atoms with Crippen LogP contribution in [0.1, 0.15) is 0 Å². The molecule has 0 N–H and O–H groups in total. The van der Waals surface area contributed by atoms with Gasteiger partial charge in [0.15, 0.2) is 17.5 Å². The minimum absolute atomic E-state index is 0.639. The van der Waals surface area contributed by atoms with Crippen LogP contribution in [-0.2, 0) is 0 Å². The van der Waals surface area contributed by atoms with Gasteiger partial charge in [-0.25, -0.2) is 15.0 Å². The quantitative estimate of drug-likeness (QED) is 0.177. The molecule has 0 saturated heterocycles. The van der Waals surface area contributed by atoms with Crippen molar-refractivity contribution >= 4 is 65.2 Å². The standard InChI is InChI=1S/C53H33N5/c1-4-16-35(17-5-1)51-54-52(36-18-6-2-7-19-36)56-53(55-51)38-27-29-40-37(31-38)20-14-26-45(40)58-46-25-13-12-24-42(46)43-32-44-49(33-48(43)58)57(39-21-8-3-9-22-39)47-30-28-34-15-10-11-23-41(34)50(44)47/h1-33H. The molecule has 0 aliphatic carbocycles. The molecule has 58 heavy (non-hydrogen) atoms. The van der Waals surface area contributed by atoms with Crippen LogP contribution in [0.4, 0.5) is 0 Å². The summed E-state index contributed by atoms with van der Waals surface area (Å²) in [7, 11) is 0. The monoisotopic (exact) mass is 739 g/mol. The van der Waals surface area contributed by atoms with Gasteiger partial charge in [-0.2, -0.15) is 0 Å². The second-order valence-electron chi connectivity index (χ2n) is 14.8. The van der Waals surface area contributed by atoms with Crippen molar-refractivity contribution in [3.63, 3.8) is 0 Å². The van der Waals surface area contributed by atoms with Crippen LogP contribution in [0.3, 0.4) is 0 Å². The lowest BCUT2D eigenvalue weighted by Crippen LogP contribution is -2.00. The number of hydrogen-bond acceptors (Lipinski definition) is 3. The molecule has 12 aromatic rings. The summed E-state index contributed by atoms with van der Waals surface area (Å²) in [5.41, 5.74) is 9.80. The highest BCUT2D eigenvalue weighted by Crippen LogP contribution is 2.43. The van der Waals surface area contributed by atoms with Crippen LogP contribution >= 0.6 is 0 Å². The Balaban J connectivity index is 1.10. The molecule has 0 saturated carbocycles. The zero-order chi connectivity index (χ0) is 38.2. The van der Waals surface area contributed by atoms with E-state index in [1.807, 2.05) is 60.7 Å². The molecule has 5 nitrogen and oxygen atoms in total. The fourth-order valence-corrected chi connectivity index (χ4v) is 8.90. The van der Waals surface area contributed by atoms with Gasteiger partial charge in [0.2, 0.25) is 0 Å². The Morgan fingerprint density at radius 3 is 1.64 bits per heavy atom. The topological polar surface area (TPSA) is 48.5 Å². The Bertz CT molecular complexity index is 3490. The molecule has 270 valence electrons. The molecule has 3 aromatic heterocycles. The van der Waals surface area contributed by atoms with E-state index >= 15 is 0 Å². The zero-order valence-corrected chi connectivity index (χ0v) is 31.3. The summed E-state index contributed by atoms with van der Waals surface area (Å²) in [5, 5.41) is 9.72. The minimum atomic E-state index is 0.639. The first-order valence-corrected chi connectivity index (χ1v) is 19.6. The van der Waals surface area contributed by atoms with Crippen LogP contribution in [0.15, 0.2) is 200 Å². The van der Waals surface area contributed by atoms with Crippen LogP contribution < -0.4 is 0 Å². The molecular weight excluding hydrogens is 707 g/mol. The van der Waals surface area contributed by atoms with E-state index in [9.17, 15) is 0 Å². The Labute approximate surface area is 333 Å². The van der Waals surface area contributed by atoms with Crippen molar-refractivity contribution in [1.82, 2.24) is 24.1 Å². The molecule has 0 unspecified atom stereocenters. The van der Waals surface area contributed by atoms with Crippen molar-refractivity contribution < 1.29 is 0 Å². The van der Waals surface area contributed by atoms with Crippen molar-refractivity contribution in [3.05, 3.63) is 200 Å². The summed E-state index contributed by atoms with van der Waals surface area (Å²) in [4.78, 5) is 15.0. The molecule has 0 fully saturated rings. The van der Waals surface area contributed by atoms with E-state index in [4.69, 9.17) is 15.0 Å². The summed E-state index contributed by atoms with van der Waals surface area (Å²) in [5.74, 6) is 1.94. The normalized spacial score (nSPS) is 11.8. The van der Waals surface area contributed by atoms with Gasteiger partial charge in [0, 0.05) is 49.3 Å². The molecule has 0 atom stereocenters. The Morgan fingerprint density at radius 1 is 0.293 bits per heavy atom. The van der Waals surface area contributed by atoms with Crippen molar-refractivity contribution in [2.75, 3.05) is 0 Å². The highest BCUT2D eigenvalue weighted by Gasteiger charge is 2.21. The number of nitrogens with zero attached hydrogens (tertiary/aromatic N) is 5. The molecule has 12 rings (SSSR count). The van der Waals surface area contributed by atoms with Crippen LogP contribution in [0.2, 0.25) is 0 Å². The van der Waals surface area contributed by atoms with Gasteiger partial charge in [-0.3, -0.25) is 0 Å². The number of fused-ring (bicyclic) bond motifs is 9. The van der Waals surface area contributed by atoms with E-state index in [0.717, 1.165) is 44.4 Å². The average Bonchev–Trinajstić information content (AvgIpc) is 3.80. The summed E-state index contributed by atoms with van der Waals surface area (Å²) in [6.07, 6.45) is 0. The molecule has 0 amide bonds. The number of rotatable bonds is 5. The molecule has 0 aliphatic heterocycles. The third-order valence-electron chi connectivity index (χ3n) is 11.5. The van der Waals surface area contributed by atoms with Gasteiger partial charge in [0.25, 0.3) is 0 Å². The fourth-order valence-electron chi connectivity index (χ4n) is 8.90. The second-order valence-corrected chi connectivity index (χ2v) is 14.8. The summed E-state index contributed by atoms with van der Waals surface area (Å²) in [6, 6.07) is 71.0. The fraction of sp³-hybridized carbons (Fsp3) is 0. The Morgan fingerprint density at radius 2 is 0.897 bits per heavy atom. The highest BCUT2D eigenvalue weighted by molar-refractivity contribution is 6.25. The Kier molecular flexibility index (Phi) is 7.16. The van der Waals surface area contributed by atoms with Crippen LogP contribution in [0, 0.1) is 0 Å².